The summed E-state index contributed by atoms with van der Waals surface area (Å²) in [5.41, 5.74) is -1.36. The Kier molecular flexibility index (Phi) is 3.82. The monoisotopic (exact) mass is 332 g/mol. The van der Waals surface area contributed by atoms with Crippen molar-refractivity contribution >= 4 is 11.9 Å². The first-order valence-corrected chi connectivity index (χ1v) is 7.54. The topological polar surface area (TPSA) is 88.3 Å². The number of carbonyl (C=O) groups excluding carboxylic acids is 2. The Hall–Kier alpha value is -2.77. The van der Waals surface area contributed by atoms with E-state index < -0.39 is 23.3 Å². The molecule has 0 radical (unpaired) electrons. The number of imide groups is 1. The van der Waals surface area contributed by atoms with Crippen molar-refractivity contribution in [1.82, 2.24) is 20.4 Å². The van der Waals surface area contributed by atoms with Crippen molar-refractivity contribution in [1.29, 1.82) is 0 Å². The van der Waals surface area contributed by atoms with E-state index in [0.29, 0.717) is 5.82 Å². The van der Waals surface area contributed by atoms with Crippen LogP contribution in [0, 0.1) is 5.82 Å². The Morgan fingerprint density at radius 1 is 1.33 bits per heavy atom. The number of carbonyl (C=O) groups is 2. The third-order valence-electron chi connectivity index (χ3n) is 3.98. The van der Waals surface area contributed by atoms with Gasteiger partial charge in [0.05, 0.1) is 0 Å². The van der Waals surface area contributed by atoms with Crippen LogP contribution in [0.15, 0.2) is 28.8 Å². The Balaban J connectivity index is 1.87. The molecule has 1 saturated heterocycles. The van der Waals surface area contributed by atoms with E-state index in [9.17, 15) is 14.0 Å². The molecule has 2 heterocycles. The average molecular weight is 332 g/mol. The van der Waals surface area contributed by atoms with Gasteiger partial charge in [-0.3, -0.25) is 9.69 Å². The molecule has 1 aliphatic heterocycles. The maximum absolute atomic E-state index is 14.1. The molecule has 2 aromatic rings. The lowest BCUT2D eigenvalue weighted by molar-refractivity contribution is -0.131. The third kappa shape index (κ3) is 2.53. The van der Waals surface area contributed by atoms with Gasteiger partial charge in [-0.2, -0.15) is 4.98 Å². The summed E-state index contributed by atoms with van der Waals surface area (Å²) < 4.78 is 19.1. The van der Waals surface area contributed by atoms with E-state index in [0.717, 1.165) is 4.90 Å². The molecular weight excluding hydrogens is 315 g/mol. The number of nitrogens with one attached hydrogen (secondary N) is 1. The summed E-state index contributed by atoms with van der Waals surface area (Å²) in [5.74, 6) is -0.416. The highest BCUT2D eigenvalue weighted by Gasteiger charge is 2.50. The number of amides is 3. The van der Waals surface area contributed by atoms with Gasteiger partial charge in [-0.05, 0) is 13.0 Å². The van der Waals surface area contributed by atoms with E-state index in [2.05, 4.69) is 15.5 Å². The van der Waals surface area contributed by atoms with Gasteiger partial charge in [0, 0.05) is 11.5 Å². The number of halogens is 1. The zero-order valence-corrected chi connectivity index (χ0v) is 13.5. The molecule has 7 nitrogen and oxygen atoms in total. The predicted molar refractivity (Wildman–Crippen MR) is 81.2 cm³/mol. The third-order valence-corrected chi connectivity index (χ3v) is 3.98. The van der Waals surface area contributed by atoms with Crippen molar-refractivity contribution in [3.8, 4) is 0 Å². The second kappa shape index (κ2) is 5.70. The fourth-order valence-corrected chi connectivity index (χ4v) is 2.59. The summed E-state index contributed by atoms with van der Waals surface area (Å²) in [5, 5.41) is 6.35. The second-order valence-electron chi connectivity index (χ2n) is 6.13. The number of aromatic nitrogens is 2. The highest BCUT2D eigenvalue weighted by Crippen LogP contribution is 2.31. The molecular formula is C16H17FN4O3. The zero-order chi connectivity index (χ0) is 17.5. The van der Waals surface area contributed by atoms with Crippen LogP contribution in [0.4, 0.5) is 9.18 Å². The molecule has 3 rings (SSSR count). The molecule has 126 valence electrons. The average Bonchev–Trinajstić information content (AvgIpc) is 3.08. The normalized spacial score (nSPS) is 20.8. The predicted octanol–water partition coefficient (Wildman–Crippen LogP) is 2.30. The van der Waals surface area contributed by atoms with Crippen LogP contribution < -0.4 is 5.32 Å². The van der Waals surface area contributed by atoms with Gasteiger partial charge in [0.2, 0.25) is 5.89 Å². The van der Waals surface area contributed by atoms with E-state index in [1.54, 1.807) is 6.07 Å². The van der Waals surface area contributed by atoms with Crippen LogP contribution in [0.1, 0.15) is 44.0 Å². The van der Waals surface area contributed by atoms with Gasteiger partial charge in [0.15, 0.2) is 5.82 Å². The minimum absolute atomic E-state index is 0.0642. The van der Waals surface area contributed by atoms with Crippen LogP contribution in [-0.2, 0) is 16.9 Å². The summed E-state index contributed by atoms with van der Waals surface area (Å²) in [6.45, 7) is 5.11. The molecule has 1 aromatic carbocycles. The number of urea groups is 1. The Morgan fingerprint density at radius 2 is 2.04 bits per heavy atom. The fourth-order valence-electron chi connectivity index (χ4n) is 2.59. The van der Waals surface area contributed by atoms with E-state index in [-0.39, 0.29) is 23.9 Å². The van der Waals surface area contributed by atoms with E-state index in [1.807, 2.05) is 13.8 Å². The molecule has 0 saturated carbocycles. The first kappa shape index (κ1) is 16.1. The number of rotatable bonds is 4. The van der Waals surface area contributed by atoms with Crippen LogP contribution in [0.3, 0.4) is 0 Å². The highest BCUT2D eigenvalue weighted by atomic mass is 19.1. The second-order valence-corrected chi connectivity index (χ2v) is 6.13. The molecule has 1 aromatic heterocycles. The summed E-state index contributed by atoms with van der Waals surface area (Å²) >= 11 is 0. The molecule has 1 fully saturated rings. The Morgan fingerprint density at radius 3 is 2.67 bits per heavy atom. The van der Waals surface area contributed by atoms with Crippen molar-refractivity contribution in [3.05, 3.63) is 47.4 Å². The van der Waals surface area contributed by atoms with Gasteiger partial charge in [-0.15, -0.1) is 0 Å². The molecule has 1 aliphatic rings. The van der Waals surface area contributed by atoms with E-state index in [1.165, 1.54) is 25.1 Å². The maximum Gasteiger partial charge on any atom is 0.325 e. The van der Waals surface area contributed by atoms with Crippen LogP contribution in [0.25, 0.3) is 0 Å². The lowest BCUT2D eigenvalue weighted by Gasteiger charge is -2.22. The van der Waals surface area contributed by atoms with Gasteiger partial charge in [-0.25, -0.2) is 9.18 Å². The van der Waals surface area contributed by atoms with Gasteiger partial charge >= 0.3 is 6.03 Å². The number of nitrogens with zero attached hydrogens (tertiary/aromatic N) is 3. The van der Waals surface area contributed by atoms with Crippen LogP contribution in [-0.4, -0.2) is 27.0 Å². The van der Waals surface area contributed by atoms with Crippen molar-refractivity contribution in [2.45, 2.75) is 38.8 Å². The van der Waals surface area contributed by atoms with E-state index in [4.69, 9.17) is 4.52 Å². The molecule has 0 spiro atoms. The molecule has 1 N–H and O–H groups in total. The van der Waals surface area contributed by atoms with Gasteiger partial charge < -0.3 is 9.84 Å². The van der Waals surface area contributed by atoms with Gasteiger partial charge in [0.25, 0.3) is 5.91 Å². The Labute approximate surface area is 137 Å². The van der Waals surface area contributed by atoms with Crippen molar-refractivity contribution in [3.63, 3.8) is 0 Å². The molecule has 1 unspecified atom stereocenters. The Bertz CT molecular complexity index is 804. The minimum atomic E-state index is -1.47. The lowest BCUT2D eigenvalue weighted by atomic mass is 9.91. The quantitative estimate of drug-likeness (QED) is 0.868. The molecule has 8 heteroatoms. The lowest BCUT2D eigenvalue weighted by Crippen LogP contribution is -2.41. The van der Waals surface area contributed by atoms with Crippen molar-refractivity contribution in [2.24, 2.45) is 0 Å². The summed E-state index contributed by atoms with van der Waals surface area (Å²) in [6.07, 6.45) is 0. The maximum atomic E-state index is 14.1. The number of benzene rings is 1. The molecule has 0 bridgehead atoms. The summed E-state index contributed by atoms with van der Waals surface area (Å²) in [4.78, 5) is 30.0. The first-order valence-electron chi connectivity index (χ1n) is 7.54. The highest BCUT2D eigenvalue weighted by molar-refractivity contribution is 6.07. The largest absolute Gasteiger partial charge is 0.337 e. The smallest absolute Gasteiger partial charge is 0.325 e. The molecule has 24 heavy (non-hydrogen) atoms. The van der Waals surface area contributed by atoms with Crippen molar-refractivity contribution in [2.75, 3.05) is 0 Å². The summed E-state index contributed by atoms with van der Waals surface area (Å²) in [6, 6.07) is 5.22. The number of hydrogen-bond donors (Lipinski definition) is 1. The number of hydrogen-bond acceptors (Lipinski definition) is 5. The fraction of sp³-hybridized carbons (Fsp3) is 0.375. The summed E-state index contributed by atoms with van der Waals surface area (Å²) in [7, 11) is 0. The standard InChI is InChI=1S/C16H17FN4O3/c1-9(2)13-18-12(24-20-13)8-21-14(22)16(3,19-15(21)23)10-6-4-5-7-11(10)17/h4-7,9H,8H2,1-3H3,(H,19,23). The molecule has 0 aliphatic carbocycles. The van der Waals surface area contributed by atoms with Crippen LogP contribution in [0.2, 0.25) is 0 Å². The van der Waals surface area contributed by atoms with Crippen molar-refractivity contribution < 1.29 is 18.5 Å². The SMILES string of the molecule is CC(C)c1noc(CN2C(=O)NC(C)(c3ccccc3F)C2=O)n1. The molecule has 3 amide bonds. The van der Waals surface area contributed by atoms with E-state index >= 15 is 0 Å². The van der Waals surface area contributed by atoms with Gasteiger partial charge in [0.1, 0.15) is 17.9 Å². The zero-order valence-electron chi connectivity index (χ0n) is 13.5. The van der Waals surface area contributed by atoms with Crippen LogP contribution >= 0.6 is 0 Å². The van der Waals surface area contributed by atoms with Crippen LogP contribution in [0.5, 0.6) is 0 Å². The first-order chi connectivity index (χ1) is 11.3. The minimum Gasteiger partial charge on any atom is -0.337 e. The molecule has 1 atom stereocenters. The van der Waals surface area contributed by atoms with Gasteiger partial charge in [-0.1, -0.05) is 37.2 Å².